The number of ether oxygens (including phenoxy) is 2. The quantitative estimate of drug-likeness (QED) is 0.134. The predicted octanol–water partition coefficient (Wildman–Crippen LogP) is 7.09. The van der Waals surface area contributed by atoms with E-state index in [1.165, 1.54) is 0 Å². The summed E-state index contributed by atoms with van der Waals surface area (Å²) < 4.78 is 36.8. The lowest BCUT2D eigenvalue weighted by atomic mass is 10.0. The molecule has 0 N–H and O–H groups in total. The monoisotopic (exact) mass is 532 g/mol. The van der Waals surface area contributed by atoms with Gasteiger partial charge in [0.05, 0.1) is 11.2 Å². The molecule has 2 aromatic heterocycles. The van der Waals surface area contributed by atoms with Crippen molar-refractivity contribution in [2.24, 2.45) is 0 Å². The van der Waals surface area contributed by atoms with Crippen LogP contribution < -0.4 is 4.74 Å². The highest BCUT2D eigenvalue weighted by molar-refractivity contribution is 7.98. The van der Waals surface area contributed by atoms with Gasteiger partial charge in [0.1, 0.15) is 5.75 Å². The summed E-state index contributed by atoms with van der Waals surface area (Å²) in [6.45, 7) is -1.55. The number of rotatable bonds is 11. The lowest BCUT2D eigenvalue weighted by Gasteiger charge is -2.13. The molecule has 6 nitrogen and oxygen atoms in total. The Labute approximate surface area is 223 Å². The second-order valence-electron chi connectivity index (χ2n) is 8.55. The zero-order valence-corrected chi connectivity index (χ0v) is 21.6. The summed E-state index contributed by atoms with van der Waals surface area (Å²) in [5, 5.41) is 10.9. The van der Waals surface area contributed by atoms with E-state index in [0.717, 1.165) is 50.7 Å². The van der Waals surface area contributed by atoms with Crippen LogP contribution in [0.1, 0.15) is 12.0 Å². The molecule has 0 radical (unpaired) electrons. The fraction of sp³-hybridized carbons (Fsp3) is 0.207. The molecule has 38 heavy (non-hydrogen) atoms. The fourth-order valence-corrected chi connectivity index (χ4v) is 5.12. The first-order valence-corrected chi connectivity index (χ1v) is 13.1. The summed E-state index contributed by atoms with van der Waals surface area (Å²) in [5.74, 6) is 1.50. The highest BCUT2D eigenvalue weighted by Gasteiger charge is 2.18. The number of hydrogen-bond donors (Lipinski definition) is 0. The molecule has 2 heterocycles. The minimum Gasteiger partial charge on any atom is -0.435 e. The standard InChI is InChI=1S/C29H26F2N4O2S/c1-36-17-7-16-35-27(33-34-29(35)38-19-20-12-14-22(15-13-20)37-28(30)31)24-18-26(21-8-3-2-4-9-21)32-25-11-6-5-10-23(24)25/h2-6,8-15,18,28H,7,16-17,19H2,1H3. The van der Waals surface area contributed by atoms with E-state index in [0.29, 0.717) is 18.9 Å². The van der Waals surface area contributed by atoms with Crippen LogP contribution in [0.5, 0.6) is 5.75 Å². The number of nitrogens with zero attached hydrogens (tertiary/aromatic N) is 4. The van der Waals surface area contributed by atoms with E-state index in [9.17, 15) is 8.78 Å². The van der Waals surface area contributed by atoms with E-state index in [4.69, 9.17) is 9.72 Å². The lowest BCUT2D eigenvalue weighted by molar-refractivity contribution is -0.0498. The van der Waals surface area contributed by atoms with Gasteiger partial charge in [-0.05, 0) is 36.2 Å². The number of hydrogen-bond acceptors (Lipinski definition) is 6. The molecule has 5 aromatic rings. The number of thioether (sulfide) groups is 1. The van der Waals surface area contributed by atoms with Crippen molar-refractivity contribution < 1.29 is 18.3 Å². The van der Waals surface area contributed by atoms with Gasteiger partial charge in [0, 0.05) is 42.5 Å². The number of halogens is 2. The lowest BCUT2D eigenvalue weighted by Crippen LogP contribution is -2.06. The number of benzene rings is 3. The molecule has 0 bridgehead atoms. The molecule has 0 fully saturated rings. The van der Waals surface area contributed by atoms with E-state index in [2.05, 4.69) is 31.6 Å². The Morgan fingerprint density at radius 1 is 0.921 bits per heavy atom. The number of para-hydroxylation sites is 1. The van der Waals surface area contributed by atoms with Crippen molar-refractivity contribution in [3.8, 4) is 28.4 Å². The van der Waals surface area contributed by atoms with Gasteiger partial charge in [-0.25, -0.2) is 4.98 Å². The van der Waals surface area contributed by atoms with E-state index >= 15 is 0 Å². The number of pyridine rings is 1. The maximum atomic E-state index is 12.5. The van der Waals surface area contributed by atoms with Crippen molar-refractivity contribution in [1.82, 2.24) is 19.7 Å². The predicted molar refractivity (Wildman–Crippen MR) is 145 cm³/mol. The largest absolute Gasteiger partial charge is 0.435 e. The Kier molecular flexibility index (Phi) is 8.25. The molecular formula is C29H26F2N4O2S. The molecule has 0 saturated heterocycles. The first kappa shape index (κ1) is 25.8. The van der Waals surface area contributed by atoms with Crippen molar-refractivity contribution in [2.45, 2.75) is 30.5 Å². The highest BCUT2D eigenvalue weighted by atomic mass is 32.2. The molecule has 3 aromatic carbocycles. The summed E-state index contributed by atoms with van der Waals surface area (Å²) in [6.07, 6.45) is 0.795. The van der Waals surface area contributed by atoms with Gasteiger partial charge < -0.3 is 14.0 Å². The van der Waals surface area contributed by atoms with Crippen LogP contribution in [0.4, 0.5) is 8.78 Å². The zero-order chi connectivity index (χ0) is 26.3. The number of fused-ring (bicyclic) bond motifs is 1. The summed E-state index contributed by atoms with van der Waals surface area (Å²) in [4.78, 5) is 4.90. The topological polar surface area (TPSA) is 62.1 Å². The highest BCUT2D eigenvalue weighted by Crippen LogP contribution is 2.34. The molecule has 0 atom stereocenters. The molecular weight excluding hydrogens is 506 g/mol. The Balaban J connectivity index is 1.50. The maximum Gasteiger partial charge on any atom is 0.387 e. The van der Waals surface area contributed by atoms with Crippen molar-refractivity contribution in [3.63, 3.8) is 0 Å². The van der Waals surface area contributed by atoms with E-state index in [1.54, 1.807) is 43.1 Å². The Bertz CT molecular complexity index is 1490. The average Bonchev–Trinajstić information content (AvgIpc) is 3.34. The smallest absolute Gasteiger partial charge is 0.387 e. The van der Waals surface area contributed by atoms with Crippen molar-refractivity contribution in [1.29, 1.82) is 0 Å². The van der Waals surface area contributed by atoms with Crippen LogP contribution in [0.15, 0.2) is 90.1 Å². The second-order valence-corrected chi connectivity index (χ2v) is 9.50. The Morgan fingerprint density at radius 3 is 2.45 bits per heavy atom. The summed E-state index contributed by atoms with van der Waals surface area (Å²) in [6, 6.07) is 26.8. The van der Waals surface area contributed by atoms with Gasteiger partial charge in [-0.1, -0.05) is 72.4 Å². The van der Waals surface area contributed by atoms with E-state index in [1.807, 2.05) is 48.5 Å². The average molecular weight is 533 g/mol. The first-order chi connectivity index (χ1) is 18.6. The maximum absolute atomic E-state index is 12.5. The third kappa shape index (κ3) is 6.00. The second kappa shape index (κ2) is 12.1. The molecule has 5 rings (SSSR count). The molecule has 0 aliphatic rings. The van der Waals surface area contributed by atoms with Gasteiger partial charge in [-0.15, -0.1) is 10.2 Å². The van der Waals surface area contributed by atoms with Crippen LogP contribution in [-0.4, -0.2) is 40.1 Å². The molecule has 194 valence electrons. The summed E-state index contributed by atoms with van der Waals surface area (Å²) in [5.41, 5.74) is 4.70. The van der Waals surface area contributed by atoms with Gasteiger partial charge >= 0.3 is 6.61 Å². The van der Waals surface area contributed by atoms with E-state index in [-0.39, 0.29) is 5.75 Å². The van der Waals surface area contributed by atoms with Crippen LogP contribution in [0, 0.1) is 0 Å². The Morgan fingerprint density at radius 2 is 1.68 bits per heavy atom. The minimum atomic E-state index is -2.84. The normalized spacial score (nSPS) is 11.4. The minimum absolute atomic E-state index is 0.137. The van der Waals surface area contributed by atoms with Crippen molar-refractivity contribution in [2.75, 3.05) is 13.7 Å². The van der Waals surface area contributed by atoms with Crippen LogP contribution in [0.2, 0.25) is 0 Å². The third-order valence-electron chi connectivity index (χ3n) is 5.99. The number of alkyl halides is 2. The molecule has 0 amide bonds. The van der Waals surface area contributed by atoms with Crippen LogP contribution in [0.25, 0.3) is 33.5 Å². The first-order valence-electron chi connectivity index (χ1n) is 12.2. The van der Waals surface area contributed by atoms with Gasteiger partial charge in [0.15, 0.2) is 11.0 Å². The van der Waals surface area contributed by atoms with Crippen LogP contribution in [-0.2, 0) is 17.0 Å². The number of aromatic nitrogens is 4. The van der Waals surface area contributed by atoms with Gasteiger partial charge in [0.2, 0.25) is 0 Å². The molecule has 9 heteroatoms. The third-order valence-corrected chi connectivity index (χ3v) is 7.03. The van der Waals surface area contributed by atoms with Gasteiger partial charge in [-0.2, -0.15) is 8.78 Å². The van der Waals surface area contributed by atoms with Crippen molar-refractivity contribution in [3.05, 3.63) is 90.5 Å². The molecule has 0 spiro atoms. The summed E-state index contributed by atoms with van der Waals surface area (Å²) >= 11 is 1.54. The Hall–Kier alpha value is -3.82. The van der Waals surface area contributed by atoms with Crippen molar-refractivity contribution >= 4 is 22.7 Å². The van der Waals surface area contributed by atoms with Gasteiger partial charge in [-0.3, -0.25) is 0 Å². The summed E-state index contributed by atoms with van der Waals surface area (Å²) in [7, 11) is 1.69. The molecule has 0 aliphatic carbocycles. The van der Waals surface area contributed by atoms with Crippen LogP contribution in [0.3, 0.4) is 0 Å². The van der Waals surface area contributed by atoms with Crippen LogP contribution >= 0.6 is 11.8 Å². The molecule has 0 unspecified atom stereocenters. The SMILES string of the molecule is COCCCn1c(SCc2ccc(OC(F)F)cc2)nnc1-c1cc(-c2ccccc2)nc2ccccc12. The van der Waals surface area contributed by atoms with Gasteiger partial charge in [0.25, 0.3) is 0 Å². The molecule has 0 saturated carbocycles. The fourth-order valence-electron chi connectivity index (χ4n) is 4.20. The van der Waals surface area contributed by atoms with E-state index < -0.39 is 6.61 Å². The number of methoxy groups -OCH3 is 1. The zero-order valence-electron chi connectivity index (χ0n) is 20.8. The molecule has 0 aliphatic heterocycles.